The molecule has 0 saturated carbocycles. The van der Waals surface area contributed by atoms with Gasteiger partial charge in [0.15, 0.2) is 0 Å². The van der Waals surface area contributed by atoms with E-state index in [-0.39, 0.29) is 17.3 Å². The van der Waals surface area contributed by atoms with Crippen LogP contribution in [0.1, 0.15) is 16.7 Å². The molecule has 6 nitrogen and oxygen atoms in total. The summed E-state index contributed by atoms with van der Waals surface area (Å²) < 4.78 is 31.4. The summed E-state index contributed by atoms with van der Waals surface area (Å²) in [6.45, 7) is 0.822. The second-order valence-corrected chi connectivity index (χ2v) is 8.53. The van der Waals surface area contributed by atoms with Crippen LogP contribution in [0.3, 0.4) is 0 Å². The lowest BCUT2D eigenvalue weighted by atomic mass is 10.1. The van der Waals surface area contributed by atoms with E-state index in [2.05, 4.69) is 5.32 Å². The number of ether oxygens (including phenoxy) is 1. The van der Waals surface area contributed by atoms with Gasteiger partial charge in [0, 0.05) is 33.1 Å². The first kappa shape index (κ1) is 19.1. The Morgan fingerprint density at radius 2 is 2.00 bits per heavy atom. The summed E-state index contributed by atoms with van der Waals surface area (Å²) in [4.78, 5) is 12.3. The molecule has 2 aromatic carbocycles. The molecular formula is C20H22N2O4S. The van der Waals surface area contributed by atoms with Crippen LogP contribution < -0.4 is 10.1 Å². The van der Waals surface area contributed by atoms with E-state index in [0.717, 1.165) is 27.6 Å². The molecule has 0 aliphatic carbocycles. The van der Waals surface area contributed by atoms with Gasteiger partial charge in [-0.3, -0.25) is 4.79 Å². The van der Waals surface area contributed by atoms with Crippen LogP contribution in [0.2, 0.25) is 0 Å². The fraction of sp³-hybridized carbons (Fsp3) is 0.250. The van der Waals surface area contributed by atoms with Crippen molar-refractivity contribution in [3.8, 4) is 5.75 Å². The number of fused-ring (bicyclic) bond motifs is 1. The third-order valence-electron chi connectivity index (χ3n) is 4.32. The molecule has 27 heavy (non-hydrogen) atoms. The quantitative estimate of drug-likeness (QED) is 0.773. The Labute approximate surface area is 159 Å². The molecule has 0 fully saturated rings. The van der Waals surface area contributed by atoms with Gasteiger partial charge in [-0.1, -0.05) is 24.3 Å². The Bertz CT molecular complexity index is 981. The van der Waals surface area contributed by atoms with Crippen LogP contribution in [0.5, 0.6) is 5.75 Å². The molecule has 0 saturated heterocycles. The maximum Gasteiger partial charge on any atom is 0.244 e. The molecule has 0 aromatic heterocycles. The normalized spacial score (nSPS) is 13.6. The van der Waals surface area contributed by atoms with Crippen molar-refractivity contribution >= 4 is 22.0 Å². The number of benzene rings is 2. The van der Waals surface area contributed by atoms with Crippen LogP contribution in [0, 0.1) is 0 Å². The topological polar surface area (TPSA) is 75.7 Å². The summed E-state index contributed by atoms with van der Waals surface area (Å²) in [5.41, 5.74) is 2.60. The number of nitrogens with zero attached hydrogens (tertiary/aromatic N) is 1. The van der Waals surface area contributed by atoms with E-state index in [9.17, 15) is 13.2 Å². The Morgan fingerprint density at radius 3 is 2.78 bits per heavy atom. The van der Waals surface area contributed by atoms with E-state index in [4.69, 9.17) is 4.74 Å². The summed E-state index contributed by atoms with van der Waals surface area (Å²) in [5.74, 6) is 0.610. The summed E-state index contributed by atoms with van der Waals surface area (Å²) in [7, 11) is -0.602. The van der Waals surface area contributed by atoms with Crippen LogP contribution in [-0.4, -0.2) is 39.3 Å². The van der Waals surface area contributed by atoms with Crippen molar-refractivity contribution in [2.75, 3.05) is 20.7 Å². The first-order valence-corrected chi connectivity index (χ1v) is 10.0. The summed E-state index contributed by atoms with van der Waals surface area (Å²) in [5, 5.41) is 2.74. The zero-order valence-electron chi connectivity index (χ0n) is 15.3. The van der Waals surface area contributed by atoms with Crippen molar-refractivity contribution in [1.82, 2.24) is 9.62 Å². The summed E-state index contributed by atoms with van der Waals surface area (Å²) in [6.07, 6.45) is 4.05. The predicted molar refractivity (Wildman–Crippen MR) is 104 cm³/mol. The predicted octanol–water partition coefficient (Wildman–Crippen LogP) is 2.20. The zero-order chi connectivity index (χ0) is 19.4. The highest BCUT2D eigenvalue weighted by Gasteiger charge is 2.20. The number of carbonyl (C=O) groups is 1. The number of rotatable bonds is 6. The van der Waals surface area contributed by atoms with Gasteiger partial charge in [0.25, 0.3) is 0 Å². The zero-order valence-corrected chi connectivity index (χ0v) is 16.1. The highest BCUT2D eigenvalue weighted by molar-refractivity contribution is 7.89. The first-order valence-electron chi connectivity index (χ1n) is 8.60. The number of hydrogen-bond acceptors (Lipinski definition) is 4. The number of hydrogen-bond donors (Lipinski definition) is 1. The molecule has 0 unspecified atom stereocenters. The van der Waals surface area contributed by atoms with Crippen molar-refractivity contribution < 1.29 is 17.9 Å². The lowest BCUT2D eigenvalue weighted by molar-refractivity contribution is -0.116. The number of amides is 1. The Kier molecular flexibility index (Phi) is 5.62. The monoisotopic (exact) mass is 386 g/mol. The van der Waals surface area contributed by atoms with Crippen molar-refractivity contribution in [2.24, 2.45) is 0 Å². The van der Waals surface area contributed by atoms with E-state index in [1.807, 2.05) is 18.2 Å². The first-order chi connectivity index (χ1) is 12.9. The molecule has 1 N–H and O–H groups in total. The van der Waals surface area contributed by atoms with Gasteiger partial charge in [0.1, 0.15) is 5.75 Å². The van der Waals surface area contributed by atoms with E-state index in [1.165, 1.54) is 20.2 Å². The maximum atomic E-state index is 12.4. The minimum atomic E-state index is -3.56. The molecule has 0 atom stereocenters. The van der Waals surface area contributed by atoms with Gasteiger partial charge in [-0.05, 0) is 41.0 Å². The summed E-state index contributed by atoms with van der Waals surface area (Å²) >= 11 is 0. The van der Waals surface area contributed by atoms with Gasteiger partial charge in [0.2, 0.25) is 15.9 Å². The Hall–Kier alpha value is -2.64. The lowest BCUT2D eigenvalue weighted by Crippen LogP contribution is -2.26. The molecule has 1 aliphatic heterocycles. The van der Waals surface area contributed by atoms with Gasteiger partial charge >= 0.3 is 0 Å². The second-order valence-electron chi connectivity index (χ2n) is 6.41. The Balaban J connectivity index is 1.66. The van der Waals surface area contributed by atoms with E-state index in [1.54, 1.807) is 30.3 Å². The SMILES string of the molecule is CN(C)S(=O)(=O)c1ccccc1CNC(=O)/C=C/c1ccc2c(c1)CCO2. The average molecular weight is 386 g/mol. The fourth-order valence-corrected chi connectivity index (χ4v) is 3.94. The van der Waals surface area contributed by atoms with E-state index < -0.39 is 10.0 Å². The number of sulfonamides is 1. The molecule has 7 heteroatoms. The fourth-order valence-electron chi connectivity index (χ4n) is 2.82. The van der Waals surface area contributed by atoms with Gasteiger partial charge in [-0.15, -0.1) is 0 Å². The largest absolute Gasteiger partial charge is 0.493 e. The van der Waals surface area contributed by atoms with Crippen molar-refractivity contribution in [2.45, 2.75) is 17.9 Å². The molecule has 0 spiro atoms. The van der Waals surface area contributed by atoms with Crippen LogP contribution in [-0.2, 0) is 27.8 Å². The van der Waals surface area contributed by atoms with Crippen LogP contribution in [0.4, 0.5) is 0 Å². The van der Waals surface area contributed by atoms with E-state index in [0.29, 0.717) is 12.2 Å². The lowest BCUT2D eigenvalue weighted by Gasteiger charge is -2.15. The molecule has 2 aromatic rings. The standard InChI is InChI=1S/C20H22N2O4S/c1-22(2)27(24,25)19-6-4-3-5-17(19)14-21-20(23)10-8-15-7-9-18-16(13-15)11-12-26-18/h3-10,13H,11-12,14H2,1-2H3,(H,21,23)/b10-8+. The maximum absolute atomic E-state index is 12.4. The molecule has 1 heterocycles. The molecule has 0 radical (unpaired) electrons. The van der Waals surface area contributed by atoms with Crippen molar-refractivity contribution in [3.05, 3.63) is 65.2 Å². The minimum absolute atomic E-state index is 0.129. The van der Waals surface area contributed by atoms with Gasteiger partial charge < -0.3 is 10.1 Å². The van der Waals surface area contributed by atoms with Crippen LogP contribution in [0.25, 0.3) is 6.08 Å². The minimum Gasteiger partial charge on any atom is -0.493 e. The highest BCUT2D eigenvalue weighted by Crippen LogP contribution is 2.26. The van der Waals surface area contributed by atoms with Crippen LogP contribution in [0.15, 0.2) is 53.4 Å². The van der Waals surface area contributed by atoms with Gasteiger partial charge in [0.05, 0.1) is 11.5 Å². The molecule has 1 amide bonds. The van der Waals surface area contributed by atoms with Crippen molar-refractivity contribution in [1.29, 1.82) is 0 Å². The molecule has 0 bridgehead atoms. The third kappa shape index (κ3) is 4.37. The highest BCUT2D eigenvalue weighted by atomic mass is 32.2. The average Bonchev–Trinajstić information content (AvgIpc) is 3.12. The smallest absolute Gasteiger partial charge is 0.244 e. The van der Waals surface area contributed by atoms with E-state index >= 15 is 0 Å². The van der Waals surface area contributed by atoms with Gasteiger partial charge in [-0.2, -0.15) is 0 Å². The second kappa shape index (κ2) is 7.94. The van der Waals surface area contributed by atoms with Gasteiger partial charge in [-0.25, -0.2) is 12.7 Å². The molecular weight excluding hydrogens is 364 g/mol. The molecule has 142 valence electrons. The number of carbonyl (C=O) groups excluding carboxylic acids is 1. The van der Waals surface area contributed by atoms with Crippen molar-refractivity contribution in [3.63, 3.8) is 0 Å². The Morgan fingerprint density at radius 1 is 1.22 bits per heavy atom. The molecule has 3 rings (SSSR count). The summed E-state index contributed by atoms with van der Waals surface area (Å²) in [6, 6.07) is 12.5. The third-order valence-corrected chi connectivity index (χ3v) is 6.24. The molecule has 1 aliphatic rings. The number of nitrogens with one attached hydrogen (secondary N) is 1. The van der Waals surface area contributed by atoms with Crippen LogP contribution >= 0.6 is 0 Å².